The van der Waals surface area contributed by atoms with E-state index < -0.39 is 10.0 Å². The molecule has 0 bridgehead atoms. The Labute approximate surface area is 131 Å². The molecule has 1 saturated heterocycles. The van der Waals surface area contributed by atoms with Crippen molar-refractivity contribution in [1.29, 1.82) is 0 Å². The summed E-state index contributed by atoms with van der Waals surface area (Å²) in [6, 6.07) is 1.48. The molecule has 0 aromatic carbocycles. The molecule has 1 aromatic heterocycles. The fraction of sp³-hybridized carbons (Fsp3) is 0.636. The predicted molar refractivity (Wildman–Crippen MR) is 82.4 cm³/mol. The summed E-state index contributed by atoms with van der Waals surface area (Å²) in [6.45, 7) is 5.66. The molecule has 0 amide bonds. The Kier molecular flexibility index (Phi) is 5.30. The molecule has 2 heterocycles. The van der Waals surface area contributed by atoms with Crippen molar-refractivity contribution in [3.63, 3.8) is 0 Å². The van der Waals surface area contributed by atoms with E-state index in [1.165, 1.54) is 6.07 Å². The molecule has 1 aliphatic rings. The molecule has 2 rings (SSSR count). The van der Waals surface area contributed by atoms with Crippen molar-refractivity contribution >= 4 is 48.9 Å². The number of hydrogen-bond donors (Lipinski definition) is 1. The third-order valence-corrected chi connectivity index (χ3v) is 7.64. The van der Waals surface area contributed by atoms with Crippen molar-refractivity contribution in [2.24, 2.45) is 5.92 Å². The van der Waals surface area contributed by atoms with Gasteiger partial charge < -0.3 is 4.90 Å². The summed E-state index contributed by atoms with van der Waals surface area (Å²) >= 11 is 10.2. The Balaban J connectivity index is 1.95. The van der Waals surface area contributed by atoms with Crippen molar-refractivity contribution in [2.45, 2.75) is 17.6 Å². The molecule has 1 atom stereocenters. The van der Waals surface area contributed by atoms with Crippen LogP contribution in [-0.4, -0.2) is 39.5 Å². The number of thiophene rings is 1. The van der Waals surface area contributed by atoms with Gasteiger partial charge in [0, 0.05) is 13.1 Å². The molecule has 1 N–H and O–H groups in total. The summed E-state index contributed by atoms with van der Waals surface area (Å²) in [5.74, 6) is 0.397. The van der Waals surface area contributed by atoms with E-state index in [2.05, 4.69) is 32.5 Å². The van der Waals surface area contributed by atoms with Crippen LogP contribution in [-0.2, 0) is 10.0 Å². The van der Waals surface area contributed by atoms with E-state index in [0.717, 1.165) is 37.4 Å². The maximum Gasteiger partial charge on any atom is 0.250 e. The number of rotatable bonds is 5. The van der Waals surface area contributed by atoms with Crippen molar-refractivity contribution < 1.29 is 8.42 Å². The van der Waals surface area contributed by atoms with Crippen LogP contribution in [0.3, 0.4) is 0 Å². The van der Waals surface area contributed by atoms with E-state index in [9.17, 15) is 8.42 Å². The molecule has 1 aromatic rings. The molecule has 108 valence electrons. The van der Waals surface area contributed by atoms with Gasteiger partial charge in [0.1, 0.15) is 4.21 Å². The Morgan fingerprint density at radius 3 is 2.89 bits per heavy atom. The van der Waals surface area contributed by atoms with Crippen LogP contribution < -0.4 is 4.72 Å². The Morgan fingerprint density at radius 1 is 1.63 bits per heavy atom. The van der Waals surface area contributed by atoms with E-state index in [4.69, 9.17) is 11.6 Å². The van der Waals surface area contributed by atoms with Crippen LogP contribution >= 0.6 is 38.9 Å². The second-order valence-electron chi connectivity index (χ2n) is 4.59. The van der Waals surface area contributed by atoms with Crippen LogP contribution in [0.1, 0.15) is 13.3 Å². The summed E-state index contributed by atoms with van der Waals surface area (Å²) in [5.41, 5.74) is 0. The van der Waals surface area contributed by atoms with Crippen LogP contribution in [0.4, 0.5) is 0 Å². The van der Waals surface area contributed by atoms with Crippen molar-refractivity contribution in [3.05, 3.63) is 14.9 Å². The lowest BCUT2D eigenvalue weighted by Crippen LogP contribution is -2.30. The van der Waals surface area contributed by atoms with E-state index in [1.54, 1.807) is 0 Å². The highest BCUT2D eigenvalue weighted by Gasteiger charge is 2.24. The fourth-order valence-electron chi connectivity index (χ4n) is 2.12. The molecular formula is C11H16BrClN2O2S2. The minimum Gasteiger partial charge on any atom is -0.303 e. The lowest BCUT2D eigenvalue weighted by atomic mass is 10.1. The van der Waals surface area contributed by atoms with Gasteiger partial charge in [-0.3, -0.25) is 0 Å². The smallest absolute Gasteiger partial charge is 0.250 e. The van der Waals surface area contributed by atoms with Gasteiger partial charge in [-0.05, 0) is 47.4 Å². The van der Waals surface area contributed by atoms with Crippen LogP contribution in [0.5, 0.6) is 0 Å². The number of hydrogen-bond acceptors (Lipinski definition) is 4. The van der Waals surface area contributed by atoms with Crippen molar-refractivity contribution in [1.82, 2.24) is 9.62 Å². The second-order valence-corrected chi connectivity index (χ2v) is 9.36. The topological polar surface area (TPSA) is 49.4 Å². The zero-order valence-corrected chi connectivity index (χ0v) is 14.5. The molecule has 1 aliphatic heterocycles. The first-order valence-corrected chi connectivity index (χ1v) is 9.56. The Bertz CT molecular complexity index is 527. The van der Waals surface area contributed by atoms with Gasteiger partial charge in [0.15, 0.2) is 0 Å². The van der Waals surface area contributed by atoms with E-state index in [0.29, 0.717) is 21.3 Å². The molecule has 1 unspecified atom stereocenters. The number of nitrogens with zero attached hydrogens (tertiary/aromatic N) is 1. The largest absolute Gasteiger partial charge is 0.303 e. The van der Waals surface area contributed by atoms with E-state index in [1.807, 2.05) is 0 Å². The third-order valence-electron chi connectivity index (χ3n) is 3.27. The molecule has 0 aliphatic carbocycles. The first-order valence-electron chi connectivity index (χ1n) is 6.09. The predicted octanol–water partition coefficient (Wildman–Crippen LogP) is 2.78. The number of halogens is 2. The quantitative estimate of drug-likeness (QED) is 0.845. The van der Waals surface area contributed by atoms with E-state index >= 15 is 0 Å². The molecule has 0 spiro atoms. The van der Waals surface area contributed by atoms with E-state index in [-0.39, 0.29) is 4.21 Å². The molecular weight excluding hydrogens is 372 g/mol. The van der Waals surface area contributed by atoms with Gasteiger partial charge in [-0.15, -0.1) is 11.3 Å². The summed E-state index contributed by atoms with van der Waals surface area (Å²) < 4.78 is 27.8. The fourth-order valence-corrected chi connectivity index (χ4v) is 5.68. The lowest BCUT2D eigenvalue weighted by molar-refractivity contribution is 0.342. The highest BCUT2D eigenvalue weighted by Crippen LogP contribution is 2.34. The lowest BCUT2D eigenvalue weighted by Gasteiger charge is -2.13. The maximum atomic E-state index is 12.1. The SMILES string of the molecule is CCN1CCC(CNS(=O)(=O)c2cc(Cl)c(Br)s2)C1. The maximum absolute atomic E-state index is 12.1. The van der Waals surface area contributed by atoms with Gasteiger partial charge in [-0.1, -0.05) is 18.5 Å². The van der Waals surface area contributed by atoms with Crippen LogP contribution in [0.2, 0.25) is 5.02 Å². The molecule has 0 radical (unpaired) electrons. The van der Waals surface area contributed by atoms with Gasteiger partial charge >= 0.3 is 0 Å². The van der Waals surface area contributed by atoms with Crippen LogP contribution in [0, 0.1) is 5.92 Å². The average Bonchev–Trinajstić information content (AvgIpc) is 2.95. The number of nitrogens with one attached hydrogen (secondary N) is 1. The molecule has 19 heavy (non-hydrogen) atoms. The second kappa shape index (κ2) is 6.41. The van der Waals surface area contributed by atoms with Crippen LogP contribution in [0.15, 0.2) is 14.1 Å². The molecule has 1 fully saturated rings. The molecule has 0 saturated carbocycles. The Morgan fingerprint density at radius 2 is 2.37 bits per heavy atom. The zero-order valence-electron chi connectivity index (χ0n) is 10.5. The summed E-state index contributed by atoms with van der Waals surface area (Å²) in [4.78, 5) is 2.33. The third kappa shape index (κ3) is 3.92. The normalized spacial score (nSPS) is 21.1. The van der Waals surface area contributed by atoms with Crippen LogP contribution in [0.25, 0.3) is 0 Å². The average molecular weight is 388 g/mol. The highest BCUT2D eigenvalue weighted by atomic mass is 79.9. The molecule has 8 heteroatoms. The monoisotopic (exact) mass is 386 g/mol. The first kappa shape index (κ1) is 15.7. The first-order chi connectivity index (χ1) is 8.92. The molecule has 4 nitrogen and oxygen atoms in total. The highest BCUT2D eigenvalue weighted by molar-refractivity contribution is 9.11. The standard InChI is InChI=1S/C11H16BrClN2O2S2/c1-2-15-4-3-8(7-15)6-14-19(16,17)10-5-9(13)11(12)18-10/h5,8,14H,2-4,6-7H2,1H3. The zero-order chi connectivity index (χ0) is 14.0. The van der Waals surface area contributed by atoms with Gasteiger partial charge in [0.2, 0.25) is 10.0 Å². The van der Waals surface area contributed by atoms with Crippen molar-refractivity contribution in [3.8, 4) is 0 Å². The summed E-state index contributed by atoms with van der Waals surface area (Å²) in [5, 5.41) is 0.434. The van der Waals surface area contributed by atoms with Gasteiger partial charge in [0.25, 0.3) is 0 Å². The Hall–Kier alpha value is 0.340. The number of sulfonamides is 1. The van der Waals surface area contributed by atoms with Gasteiger partial charge in [-0.25, -0.2) is 13.1 Å². The minimum absolute atomic E-state index is 0.259. The number of likely N-dealkylation sites (tertiary alicyclic amines) is 1. The summed E-state index contributed by atoms with van der Waals surface area (Å²) in [7, 11) is -3.44. The minimum atomic E-state index is -3.44. The van der Waals surface area contributed by atoms with Gasteiger partial charge in [-0.2, -0.15) is 0 Å². The summed E-state index contributed by atoms with van der Waals surface area (Å²) in [6.07, 6.45) is 1.05. The van der Waals surface area contributed by atoms with Gasteiger partial charge in [0.05, 0.1) is 8.81 Å². The van der Waals surface area contributed by atoms with Crippen molar-refractivity contribution in [2.75, 3.05) is 26.2 Å².